The predicted octanol–water partition coefficient (Wildman–Crippen LogP) is 2.70. The number of nitrogens with one attached hydrogen (secondary N) is 1. The molecular weight excluding hydrogens is 371 g/mol. The number of carbonyl (C=O) groups is 1. The van der Waals surface area contributed by atoms with Gasteiger partial charge in [-0.3, -0.25) is 9.10 Å². The van der Waals surface area contributed by atoms with Gasteiger partial charge in [0.1, 0.15) is 11.6 Å². The molecule has 6 nitrogen and oxygen atoms in total. The molecule has 0 atom stereocenters. The summed E-state index contributed by atoms with van der Waals surface area (Å²) in [6.07, 6.45) is 1.68. The van der Waals surface area contributed by atoms with Crippen molar-refractivity contribution < 1.29 is 22.3 Å². The van der Waals surface area contributed by atoms with Gasteiger partial charge in [0.15, 0.2) is 0 Å². The van der Waals surface area contributed by atoms with E-state index in [0.717, 1.165) is 11.8 Å². The molecule has 0 spiro atoms. The predicted molar refractivity (Wildman–Crippen MR) is 103 cm³/mol. The van der Waals surface area contributed by atoms with Crippen LogP contribution in [0, 0.1) is 5.82 Å². The number of nitrogens with zero attached hydrogens (tertiary/aromatic N) is 1. The van der Waals surface area contributed by atoms with E-state index in [2.05, 4.69) is 5.32 Å². The number of hydrogen-bond acceptors (Lipinski definition) is 4. The minimum atomic E-state index is -3.47. The van der Waals surface area contributed by atoms with Crippen molar-refractivity contribution in [2.45, 2.75) is 19.4 Å². The van der Waals surface area contributed by atoms with E-state index >= 15 is 0 Å². The van der Waals surface area contributed by atoms with E-state index in [1.807, 2.05) is 0 Å². The quantitative estimate of drug-likeness (QED) is 0.710. The average Bonchev–Trinajstić information content (AvgIpc) is 2.64. The molecule has 1 amide bonds. The minimum absolute atomic E-state index is 0.184. The molecule has 0 radical (unpaired) electrons. The van der Waals surface area contributed by atoms with Crippen LogP contribution >= 0.6 is 0 Å². The van der Waals surface area contributed by atoms with Crippen LogP contribution in [-0.2, 0) is 21.4 Å². The largest absolute Gasteiger partial charge is 0.497 e. The molecule has 0 saturated carbocycles. The molecule has 0 fully saturated rings. The first kappa shape index (κ1) is 20.7. The zero-order chi connectivity index (χ0) is 19.9. The molecule has 1 N–H and O–H groups in total. The molecule has 27 heavy (non-hydrogen) atoms. The van der Waals surface area contributed by atoms with Crippen LogP contribution < -0.4 is 14.4 Å². The normalized spacial score (nSPS) is 11.1. The Morgan fingerprint density at radius 2 is 1.74 bits per heavy atom. The first-order chi connectivity index (χ1) is 12.8. The zero-order valence-electron chi connectivity index (χ0n) is 15.3. The summed E-state index contributed by atoms with van der Waals surface area (Å²) >= 11 is 0. The number of sulfonamides is 1. The van der Waals surface area contributed by atoms with Crippen molar-refractivity contribution in [2.75, 3.05) is 24.2 Å². The van der Waals surface area contributed by atoms with E-state index in [9.17, 15) is 17.6 Å². The van der Waals surface area contributed by atoms with Crippen LogP contribution in [0.4, 0.5) is 10.1 Å². The number of anilines is 1. The first-order valence-electron chi connectivity index (χ1n) is 8.42. The second kappa shape index (κ2) is 9.36. The standard InChI is InChI=1S/C19H23FN2O4S/c1-26-18-11-9-17(10-12-18)22(27(2,24)25)13-3-4-19(23)21-14-15-5-7-16(20)8-6-15/h5-12H,3-4,13-14H2,1-2H3,(H,21,23). The van der Waals surface area contributed by atoms with Gasteiger partial charge in [0.05, 0.1) is 19.1 Å². The summed E-state index contributed by atoms with van der Waals surface area (Å²) in [5.41, 5.74) is 1.31. The zero-order valence-corrected chi connectivity index (χ0v) is 16.1. The SMILES string of the molecule is COc1ccc(N(CCCC(=O)NCc2ccc(F)cc2)S(C)(=O)=O)cc1. The third kappa shape index (κ3) is 6.56. The lowest BCUT2D eigenvalue weighted by Gasteiger charge is -2.22. The minimum Gasteiger partial charge on any atom is -0.497 e. The number of benzene rings is 2. The molecule has 146 valence electrons. The number of hydrogen-bond donors (Lipinski definition) is 1. The summed E-state index contributed by atoms with van der Waals surface area (Å²) in [5, 5.41) is 2.74. The molecule has 2 aromatic carbocycles. The molecule has 0 heterocycles. The fourth-order valence-corrected chi connectivity index (χ4v) is 3.47. The molecule has 2 rings (SSSR count). The maximum absolute atomic E-state index is 12.9. The van der Waals surface area contributed by atoms with Crippen molar-refractivity contribution in [1.29, 1.82) is 0 Å². The van der Waals surface area contributed by atoms with Gasteiger partial charge in [-0.05, 0) is 48.4 Å². The van der Waals surface area contributed by atoms with Crippen molar-refractivity contribution in [2.24, 2.45) is 0 Å². The number of rotatable bonds is 9. The third-order valence-electron chi connectivity index (χ3n) is 3.93. The van der Waals surface area contributed by atoms with Crippen molar-refractivity contribution in [3.05, 3.63) is 59.9 Å². The molecular formula is C19H23FN2O4S. The number of methoxy groups -OCH3 is 1. The van der Waals surface area contributed by atoms with Crippen molar-refractivity contribution in [1.82, 2.24) is 5.32 Å². The topological polar surface area (TPSA) is 75.7 Å². The first-order valence-corrected chi connectivity index (χ1v) is 10.3. The van der Waals surface area contributed by atoms with Crippen LogP contribution in [0.25, 0.3) is 0 Å². The molecule has 0 aliphatic rings. The summed E-state index contributed by atoms with van der Waals surface area (Å²) in [6.45, 7) is 0.489. The van der Waals surface area contributed by atoms with E-state index in [1.165, 1.54) is 23.5 Å². The van der Waals surface area contributed by atoms with Crippen molar-refractivity contribution in [3.63, 3.8) is 0 Å². The monoisotopic (exact) mass is 394 g/mol. The lowest BCUT2D eigenvalue weighted by atomic mass is 10.2. The molecule has 8 heteroatoms. The Morgan fingerprint density at radius 3 is 2.30 bits per heavy atom. The fraction of sp³-hybridized carbons (Fsp3) is 0.316. The van der Waals surface area contributed by atoms with Gasteiger partial charge in [-0.15, -0.1) is 0 Å². The molecule has 0 unspecified atom stereocenters. The van der Waals surface area contributed by atoms with Gasteiger partial charge in [-0.1, -0.05) is 12.1 Å². The Labute approximate surface area is 159 Å². The summed E-state index contributed by atoms with van der Waals surface area (Å²) in [7, 11) is -1.93. The van der Waals surface area contributed by atoms with Crippen molar-refractivity contribution >= 4 is 21.6 Å². The van der Waals surface area contributed by atoms with E-state index < -0.39 is 10.0 Å². The number of carbonyl (C=O) groups excluding carboxylic acids is 1. The Balaban J connectivity index is 1.87. The highest BCUT2D eigenvalue weighted by molar-refractivity contribution is 7.92. The Morgan fingerprint density at radius 1 is 1.11 bits per heavy atom. The highest BCUT2D eigenvalue weighted by Crippen LogP contribution is 2.21. The van der Waals surface area contributed by atoms with Crippen LogP contribution in [0.5, 0.6) is 5.75 Å². The van der Waals surface area contributed by atoms with Gasteiger partial charge in [0.2, 0.25) is 15.9 Å². The number of halogens is 1. The Bertz CT molecular complexity index is 852. The number of ether oxygens (including phenoxy) is 1. The highest BCUT2D eigenvalue weighted by Gasteiger charge is 2.17. The summed E-state index contributed by atoms with van der Waals surface area (Å²) in [6, 6.07) is 12.6. The maximum atomic E-state index is 12.9. The van der Waals surface area contributed by atoms with Crippen LogP contribution in [0.3, 0.4) is 0 Å². The van der Waals surface area contributed by atoms with Gasteiger partial charge < -0.3 is 10.1 Å². The maximum Gasteiger partial charge on any atom is 0.232 e. The number of amides is 1. The molecule has 0 saturated heterocycles. The van der Waals surface area contributed by atoms with E-state index in [0.29, 0.717) is 24.4 Å². The van der Waals surface area contributed by atoms with Crippen LogP contribution in [0.15, 0.2) is 48.5 Å². The van der Waals surface area contributed by atoms with Gasteiger partial charge in [-0.2, -0.15) is 0 Å². The Kier molecular flexibility index (Phi) is 7.18. The summed E-state index contributed by atoms with van der Waals surface area (Å²) in [4.78, 5) is 12.0. The lowest BCUT2D eigenvalue weighted by molar-refractivity contribution is -0.121. The van der Waals surface area contributed by atoms with Crippen LogP contribution in [0.2, 0.25) is 0 Å². The summed E-state index contributed by atoms with van der Waals surface area (Å²) < 4.78 is 43.3. The van der Waals surface area contributed by atoms with Gasteiger partial charge in [-0.25, -0.2) is 12.8 Å². The summed E-state index contributed by atoms with van der Waals surface area (Å²) in [5.74, 6) is 0.111. The second-order valence-corrected chi connectivity index (χ2v) is 7.95. The highest BCUT2D eigenvalue weighted by atomic mass is 32.2. The van der Waals surface area contributed by atoms with Gasteiger partial charge in [0, 0.05) is 19.5 Å². The van der Waals surface area contributed by atoms with Crippen molar-refractivity contribution in [3.8, 4) is 5.75 Å². The van der Waals surface area contributed by atoms with Gasteiger partial charge >= 0.3 is 0 Å². The Hall–Kier alpha value is -2.61. The lowest BCUT2D eigenvalue weighted by Crippen LogP contribution is -2.32. The van der Waals surface area contributed by atoms with E-state index in [1.54, 1.807) is 36.4 Å². The van der Waals surface area contributed by atoms with E-state index in [4.69, 9.17) is 4.74 Å². The molecule has 0 aromatic heterocycles. The average molecular weight is 394 g/mol. The molecule has 0 aliphatic carbocycles. The van der Waals surface area contributed by atoms with Crippen LogP contribution in [-0.4, -0.2) is 34.2 Å². The smallest absolute Gasteiger partial charge is 0.232 e. The molecule has 0 aliphatic heterocycles. The molecule has 0 bridgehead atoms. The third-order valence-corrected chi connectivity index (χ3v) is 5.12. The van der Waals surface area contributed by atoms with Crippen LogP contribution in [0.1, 0.15) is 18.4 Å². The second-order valence-electron chi connectivity index (χ2n) is 6.04. The van der Waals surface area contributed by atoms with Gasteiger partial charge in [0.25, 0.3) is 0 Å². The fourth-order valence-electron chi connectivity index (χ4n) is 2.51. The molecule has 2 aromatic rings. The van der Waals surface area contributed by atoms with E-state index in [-0.39, 0.29) is 24.7 Å².